The quantitative estimate of drug-likeness (QED) is 0.373. The lowest BCUT2D eigenvalue weighted by Gasteiger charge is -2.20. The zero-order chi connectivity index (χ0) is 23.2. The number of carboxylic acid groups (broad SMARTS) is 1. The van der Waals surface area contributed by atoms with E-state index in [9.17, 15) is 19.5 Å². The molecule has 0 bridgehead atoms. The second-order valence-electron chi connectivity index (χ2n) is 7.22. The third kappa shape index (κ3) is 9.48. The Morgan fingerprint density at radius 2 is 1.53 bits per heavy atom. The van der Waals surface area contributed by atoms with Gasteiger partial charge in [-0.2, -0.15) is 0 Å². The van der Waals surface area contributed by atoms with Gasteiger partial charge in [0, 0.05) is 26.2 Å². The van der Waals surface area contributed by atoms with Crippen LogP contribution in [0.2, 0.25) is 0 Å². The van der Waals surface area contributed by atoms with Gasteiger partial charge in [0.05, 0.1) is 6.04 Å². The summed E-state index contributed by atoms with van der Waals surface area (Å²) in [7, 11) is 0. The Morgan fingerprint density at radius 1 is 0.938 bits per heavy atom. The molecule has 32 heavy (non-hydrogen) atoms. The van der Waals surface area contributed by atoms with Crippen LogP contribution in [0.25, 0.3) is 0 Å². The highest BCUT2D eigenvalue weighted by Gasteiger charge is 2.16. The van der Waals surface area contributed by atoms with Crippen molar-refractivity contribution in [3.05, 3.63) is 71.8 Å². The Balaban J connectivity index is 1.58. The number of nitrogens with two attached hydrogens (primary N) is 1. The molecule has 5 N–H and O–H groups in total. The number of carbonyl (C=O) groups is 3. The molecule has 0 fully saturated rings. The van der Waals surface area contributed by atoms with Crippen molar-refractivity contribution < 1.29 is 24.2 Å². The van der Waals surface area contributed by atoms with Crippen LogP contribution in [0.1, 0.15) is 24.0 Å². The molecule has 2 rings (SSSR count). The number of rotatable bonds is 12. The van der Waals surface area contributed by atoms with Gasteiger partial charge in [-0.15, -0.1) is 0 Å². The molecule has 0 spiro atoms. The van der Waals surface area contributed by atoms with E-state index in [4.69, 9.17) is 10.5 Å². The second-order valence-corrected chi connectivity index (χ2v) is 7.22. The van der Waals surface area contributed by atoms with E-state index >= 15 is 0 Å². The van der Waals surface area contributed by atoms with Gasteiger partial charge in [0.2, 0.25) is 5.91 Å². The average molecular weight is 443 g/mol. The van der Waals surface area contributed by atoms with Crippen molar-refractivity contribution in [3.63, 3.8) is 0 Å². The van der Waals surface area contributed by atoms with Crippen molar-refractivity contribution in [3.8, 4) is 0 Å². The van der Waals surface area contributed by atoms with Crippen LogP contribution in [0.15, 0.2) is 60.7 Å². The van der Waals surface area contributed by atoms with Gasteiger partial charge in [-0.25, -0.2) is 9.59 Å². The molecule has 9 heteroatoms. The summed E-state index contributed by atoms with van der Waals surface area (Å²) < 4.78 is 5.08. The number of hydrogen-bond acceptors (Lipinski definition) is 5. The van der Waals surface area contributed by atoms with Gasteiger partial charge < -0.3 is 31.1 Å². The fraction of sp³-hybridized carbons (Fsp3) is 0.348. The van der Waals surface area contributed by atoms with E-state index in [-0.39, 0.29) is 38.7 Å². The molecule has 0 aromatic heterocycles. The number of carbonyl (C=O) groups excluding carboxylic acids is 2. The van der Waals surface area contributed by atoms with Crippen molar-refractivity contribution in [1.29, 1.82) is 0 Å². The minimum atomic E-state index is -1.02. The Hall–Kier alpha value is -3.59. The fourth-order valence-electron chi connectivity index (χ4n) is 2.93. The van der Waals surface area contributed by atoms with E-state index in [1.54, 1.807) is 0 Å². The fourth-order valence-corrected chi connectivity index (χ4v) is 2.93. The van der Waals surface area contributed by atoms with Gasteiger partial charge in [0.1, 0.15) is 6.61 Å². The lowest BCUT2D eigenvalue weighted by molar-refractivity contribution is -0.122. The van der Waals surface area contributed by atoms with E-state index in [0.29, 0.717) is 12.8 Å². The summed E-state index contributed by atoms with van der Waals surface area (Å²) in [4.78, 5) is 36.5. The molecule has 2 aromatic rings. The first-order chi connectivity index (χ1) is 15.5. The Morgan fingerprint density at radius 3 is 2.16 bits per heavy atom. The number of alkyl carbamates (subject to hydrolysis) is 1. The Bertz CT molecular complexity index is 848. The van der Waals surface area contributed by atoms with Crippen LogP contribution in [0, 0.1) is 0 Å². The molecule has 9 nitrogen and oxygen atoms in total. The van der Waals surface area contributed by atoms with E-state index in [1.165, 1.54) is 4.90 Å². The van der Waals surface area contributed by atoms with Gasteiger partial charge in [0.15, 0.2) is 0 Å². The molecular formula is C23H30N4O5. The van der Waals surface area contributed by atoms with E-state index < -0.39 is 18.2 Å². The molecule has 0 aliphatic heterocycles. The summed E-state index contributed by atoms with van der Waals surface area (Å²) in [5.74, 6) is -0.352. The first-order valence-corrected chi connectivity index (χ1v) is 10.5. The zero-order valence-electron chi connectivity index (χ0n) is 17.9. The van der Waals surface area contributed by atoms with Crippen molar-refractivity contribution in [2.45, 2.75) is 32.0 Å². The Kier molecular flexibility index (Phi) is 10.5. The minimum absolute atomic E-state index is 0.168. The van der Waals surface area contributed by atoms with Crippen LogP contribution in [0.4, 0.5) is 9.59 Å². The van der Waals surface area contributed by atoms with Crippen molar-refractivity contribution in [1.82, 2.24) is 15.5 Å². The largest absolute Gasteiger partial charge is 0.465 e. The van der Waals surface area contributed by atoms with Crippen LogP contribution < -0.4 is 16.4 Å². The maximum atomic E-state index is 12.1. The second kappa shape index (κ2) is 13.7. The maximum absolute atomic E-state index is 12.1. The van der Waals surface area contributed by atoms with E-state index in [0.717, 1.165) is 11.1 Å². The number of nitrogens with one attached hydrogen (secondary N) is 2. The number of hydrogen-bond donors (Lipinski definition) is 4. The molecule has 1 atom stereocenters. The van der Waals surface area contributed by atoms with Crippen LogP contribution in [-0.2, 0) is 22.7 Å². The van der Waals surface area contributed by atoms with Crippen molar-refractivity contribution >= 4 is 18.1 Å². The number of benzene rings is 2. The summed E-state index contributed by atoms with van der Waals surface area (Å²) in [6.07, 6.45) is -0.786. The molecule has 0 heterocycles. The van der Waals surface area contributed by atoms with Crippen LogP contribution >= 0.6 is 0 Å². The number of ether oxygens (including phenoxy) is 1. The molecule has 2 aromatic carbocycles. The normalized spacial score (nSPS) is 11.3. The van der Waals surface area contributed by atoms with Crippen molar-refractivity contribution in [2.24, 2.45) is 5.73 Å². The van der Waals surface area contributed by atoms with Gasteiger partial charge in [-0.05, 0) is 24.0 Å². The monoisotopic (exact) mass is 442 g/mol. The Labute approximate surface area is 187 Å². The minimum Gasteiger partial charge on any atom is -0.465 e. The molecule has 0 unspecified atom stereocenters. The zero-order valence-corrected chi connectivity index (χ0v) is 17.9. The predicted molar refractivity (Wildman–Crippen MR) is 120 cm³/mol. The summed E-state index contributed by atoms with van der Waals surface area (Å²) in [5.41, 5.74) is 7.67. The molecular weight excluding hydrogens is 412 g/mol. The summed E-state index contributed by atoms with van der Waals surface area (Å²) in [5, 5.41) is 14.6. The van der Waals surface area contributed by atoms with Crippen LogP contribution in [-0.4, -0.2) is 53.8 Å². The van der Waals surface area contributed by atoms with Gasteiger partial charge >= 0.3 is 12.2 Å². The molecule has 0 aliphatic carbocycles. The van der Waals surface area contributed by atoms with E-state index in [1.807, 2.05) is 60.7 Å². The summed E-state index contributed by atoms with van der Waals surface area (Å²) in [6.45, 7) is 1.14. The SMILES string of the molecule is N[C@@H](CCCN(Cc1ccccc1)C(=O)O)C(=O)NCCNC(=O)OCc1ccccc1. The highest BCUT2D eigenvalue weighted by Crippen LogP contribution is 2.07. The lowest BCUT2D eigenvalue weighted by Crippen LogP contribution is -2.44. The topological polar surface area (TPSA) is 134 Å². The maximum Gasteiger partial charge on any atom is 0.407 e. The van der Waals surface area contributed by atoms with Gasteiger partial charge in [0.25, 0.3) is 0 Å². The van der Waals surface area contributed by atoms with Crippen LogP contribution in [0.3, 0.4) is 0 Å². The average Bonchev–Trinajstić information content (AvgIpc) is 2.80. The number of amides is 3. The summed E-state index contributed by atoms with van der Waals surface area (Å²) in [6, 6.07) is 17.8. The first kappa shape index (κ1) is 24.7. The number of nitrogens with zero attached hydrogens (tertiary/aromatic N) is 1. The highest BCUT2D eigenvalue weighted by atomic mass is 16.5. The van der Waals surface area contributed by atoms with E-state index in [2.05, 4.69) is 10.6 Å². The highest BCUT2D eigenvalue weighted by molar-refractivity contribution is 5.81. The first-order valence-electron chi connectivity index (χ1n) is 10.5. The molecule has 0 aliphatic rings. The molecule has 0 saturated heterocycles. The summed E-state index contributed by atoms with van der Waals surface area (Å²) >= 11 is 0. The molecule has 0 saturated carbocycles. The van der Waals surface area contributed by atoms with Crippen LogP contribution in [0.5, 0.6) is 0 Å². The molecule has 172 valence electrons. The molecule has 3 amide bonds. The van der Waals surface area contributed by atoms with Gasteiger partial charge in [-0.3, -0.25) is 4.79 Å². The van der Waals surface area contributed by atoms with Gasteiger partial charge in [-0.1, -0.05) is 60.7 Å². The smallest absolute Gasteiger partial charge is 0.407 e. The predicted octanol–water partition coefficient (Wildman–Crippen LogP) is 2.32. The standard InChI is InChI=1S/C23H30N4O5/c24-20(12-7-15-27(23(30)31)16-18-8-3-1-4-9-18)21(28)25-13-14-26-22(29)32-17-19-10-5-2-6-11-19/h1-6,8-11,20H,7,12-17,24H2,(H,25,28)(H,26,29)(H,30,31)/t20-/m0/s1. The molecule has 0 radical (unpaired) electrons. The third-order valence-corrected chi connectivity index (χ3v) is 4.67. The lowest BCUT2D eigenvalue weighted by atomic mass is 10.1. The van der Waals surface area contributed by atoms with Crippen molar-refractivity contribution in [2.75, 3.05) is 19.6 Å². The third-order valence-electron chi connectivity index (χ3n) is 4.67.